The van der Waals surface area contributed by atoms with Gasteiger partial charge in [0.1, 0.15) is 29.8 Å². The number of nitrogen functional groups attached to an aromatic ring is 1. The minimum atomic E-state index is -5.28. The predicted molar refractivity (Wildman–Crippen MR) is 60.5 cm³/mol. The molecule has 0 saturated carbocycles. The highest BCUT2D eigenvalue weighted by Crippen LogP contribution is 2.34. The molecule has 1 saturated heterocycles. The molecule has 2 heterocycles. The number of carboxylic acids is 1. The van der Waals surface area contributed by atoms with Gasteiger partial charge in [0.2, 0.25) is 0 Å². The summed E-state index contributed by atoms with van der Waals surface area (Å²) in [5.74, 6) is -2.04. The maximum Gasteiger partial charge on any atom is 0.165 e. The van der Waals surface area contributed by atoms with Crippen LogP contribution in [0.1, 0.15) is 16.7 Å². The Balaban J connectivity index is 2.16. The fraction of sp³-hybridized carbons (Fsp3) is 0.556. The van der Waals surface area contributed by atoms with Crippen LogP contribution in [0.2, 0.25) is 0 Å². The molecule has 0 unspecified atom stereocenters. The first-order valence-corrected chi connectivity index (χ1v) is 7.29. The third-order valence-electron chi connectivity index (χ3n) is 3.03. The summed E-state index contributed by atoms with van der Waals surface area (Å²) in [4.78, 5) is 35.0. The van der Waals surface area contributed by atoms with E-state index in [1.165, 1.54) is 0 Å². The van der Waals surface area contributed by atoms with Crippen molar-refractivity contribution >= 4 is 19.6 Å². The summed E-state index contributed by atoms with van der Waals surface area (Å²) in [7, 11) is -5.28. The van der Waals surface area contributed by atoms with Crippen molar-refractivity contribution in [2.24, 2.45) is 0 Å². The van der Waals surface area contributed by atoms with E-state index in [1.54, 1.807) is 0 Å². The Morgan fingerprint density at radius 3 is 2.64 bits per heavy atom. The van der Waals surface area contributed by atoms with Crippen molar-refractivity contribution < 1.29 is 43.7 Å². The van der Waals surface area contributed by atoms with Crippen LogP contribution in [0, 0.1) is 0 Å². The molecule has 1 aliphatic heterocycles. The Morgan fingerprint density at radius 1 is 1.50 bits per heavy atom. The predicted octanol–water partition coefficient (Wildman–Crippen LogP) is -4.71. The van der Waals surface area contributed by atoms with Gasteiger partial charge in [-0.25, -0.2) is 4.98 Å². The Labute approximate surface area is 123 Å². The third kappa shape index (κ3) is 3.28. The van der Waals surface area contributed by atoms with Crippen LogP contribution in [0.25, 0.3) is 0 Å². The highest BCUT2D eigenvalue weighted by atomic mass is 31.2. The van der Waals surface area contributed by atoms with Crippen LogP contribution in [-0.4, -0.2) is 50.7 Å². The van der Waals surface area contributed by atoms with E-state index < -0.39 is 56.5 Å². The number of phosphoric acid groups is 1. The van der Waals surface area contributed by atoms with Gasteiger partial charge in [-0.15, -0.1) is 0 Å². The van der Waals surface area contributed by atoms with E-state index in [-0.39, 0.29) is 0 Å². The van der Waals surface area contributed by atoms with E-state index in [1.807, 2.05) is 0 Å². The molecular formula is C9H11N3O9P-3. The Hall–Kier alpha value is -1.53. The number of anilines is 1. The van der Waals surface area contributed by atoms with E-state index in [0.717, 1.165) is 10.9 Å². The summed E-state index contributed by atoms with van der Waals surface area (Å²) in [6, 6.07) is 0. The number of nitrogens with two attached hydrogens (primary N) is 1. The van der Waals surface area contributed by atoms with Crippen molar-refractivity contribution in [2.45, 2.75) is 24.5 Å². The molecule has 2 rings (SSSR count). The van der Waals surface area contributed by atoms with Crippen LogP contribution in [-0.2, 0) is 13.8 Å². The zero-order valence-corrected chi connectivity index (χ0v) is 11.7. The SMILES string of the molecule is Nc1c(C(=O)[O-])ncn1[C@@H]1O[C@H](COP(=O)([O-])[O-])[C@@H](O)[C@H]1O. The number of aliphatic hydroxyl groups is 2. The van der Waals surface area contributed by atoms with Crippen molar-refractivity contribution in [3.8, 4) is 0 Å². The number of aliphatic hydroxyl groups excluding tert-OH is 2. The second-order valence-corrected chi connectivity index (χ2v) is 5.62. The number of phosphoric ester groups is 1. The van der Waals surface area contributed by atoms with E-state index in [9.17, 15) is 34.5 Å². The molecular weight excluding hydrogens is 325 g/mol. The second kappa shape index (κ2) is 5.93. The zero-order chi connectivity index (χ0) is 16.7. The van der Waals surface area contributed by atoms with E-state index in [0.29, 0.717) is 0 Å². The number of imidazole rings is 1. The lowest BCUT2D eigenvalue weighted by atomic mass is 10.1. The summed E-state index contributed by atoms with van der Waals surface area (Å²) < 4.78 is 20.5. The van der Waals surface area contributed by atoms with E-state index in [4.69, 9.17) is 10.5 Å². The minimum Gasteiger partial charge on any atom is -0.790 e. The molecule has 22 heavy (non-hydrogen) atoms. The average molecular weight is 336 g/mol. The van der Waals surface area contributed by atoms with Gasteiger partial charge in [-0.3, -0.25) is 4.57 Å². The Bertz CT molecular complexity index is 613. The fourth-order valence-electron chi connectivity index (χ4n) is 1.99. The molecule has 1 aromatic rings. The number of carboxylic acid groups (broad SMARTS) is 1. The molecule has 0 radical (unpaired) electrons. The first-order valence-electron chi connectivity index (χ1n) is 5.83. The van der Waals surface area contributed by atoms with Gasteiger partial charge in [0.25, 0.3) is 0 Å². The van der Waals surface area contributed by atoms with Gasteiger partial charge >= 0.3 is 0 Å². The smallest absolute Gasteiger partial charge is 0.165 e. The first-order chi connectivity index (χ1) is 10.1. The lowest BCUT2D eigenvalue weighted by Gasteiger charge is -2.30. The number of aromatic nitrogens is 2. The van der Waals surface area contributed by atoms with Crippen molar-refractivity contribution in [3.05, 3.63) is 12.0 Å². The highest BCUT2D eigenvalue weighted by Gasteiger charge is 2.44. The molecule has 13 heteroatoms. The van der Waals surface area contributed by atoms with Gasteiger partial charge in [0.05, 0.1) is 26.7 Å². The van der Waals surface area contributed by atoms with Crippen molar-refractivity contribution in [2.75, 3.05) is 12.3 Å². The van der Waals surface area contributed by atoms with Crippen LogP contribution in [0.4, 0.5) is 5.82 Å². The molecule has 4 N–H and O–H groups in total. The number of hydrogen-bond acceptors (Lipinski definition) is 11. The summed E-state index contributed by atoms with van der Waals surface area (Å²) >= 11 is 0. The number of nitrogens with zero attached hydrogens (tertiary/aromatic N) is 2. The molecule has 1 aromatic heterocycles. The van der Waals surface area contributed by atoms with Crippen LogP contribution in [0.5, 0.6) is 0 Å². The summed E-state index contributed by atoms with van der Waals surface area (Å²) in [6.45, 7) is -0.819. The van der Waals surface area contributed by atoms with Crippen molar-refractivity contribution in [1.29, 1.82) is 0 Å². The number of ether oxygens (including phenoxy) is 1. The number of carbonyl (C=O) groups is 1. The molecule has 0 bridgehead atoms. The molecule has 124 valence electrons. The molecule has 0 spiro atoms. The van der Waals surface area contributed by atoms with Crippen molar-refractivity contribution in [1.82, 2.24) is 9.55 Å². The number of aromatic carboxylic acids is 1. The van der Waals surface area contributed by atoms with Crippen LogP contribution in [0.15, 0.2) is 6.33 Å². The summed E-state index contributed by atoms with van der Waals surface area (Å²) in [6.07, 6.45) is -4.93. The summed E-state index contributed by atoms with van der Waals surface area (Å²) in [5.41, 5.74) is 4.92. The van der Waals surface area contributed by atoms with Gasteiger partial charge < -0.3 is 49.5 Å². The van der Waals surface area contributed by atoms with Crippen LogP contribution >= 0.6 is 7.82 Å². The first kappa shape index (κ1) is 16.8. The van der Waals surface area contributed by atoms with E-state index >= 15 is 0 Å². The molecule has 12 nitrogen and oxygen atoms in total. The van der Waals surface area contributed by atoms with Gasteiger partial charge in [-0.2, -0.15) is 0 Å². The maximum atomic E-state index is 10.7. The molecule has 0 aromatic carbocycles. The average Bonchev–Trinajstić information content (AvgIpc) is 2.90. The quantitative estimate of drug-likeness (QED) is 0.435. The topological polar surface area (TPSA) is 206 Å². The molecule has 0 aliphatic carbocycles. The van der Waals surface area contributed by atoms with E-state index in [2.05, 4.69) is 9.51 Å². The molecule has 1 aliphatic rings. The fourth-order valence-corrected chi connectivity index (χ4v) is 2.32. The standard InChI is InChI=1S/C9H14N3O9P/c10-7-4(9(15)16)11-2-12(7)8-6(14)5(13)3(21-8)1-20-22(17,18)19/h2-3,5-6,8,13-14H,1,10H2,(H,15,16)(H2,17,18,19)/p-3/t3-,5-,6-,8-/m1/s1. The minimum absolute atomic E-state index is 0.392. The van der Waals surface area contributed by atoms with Gasteiger partial charge in [-0.05, 0) is 0 Å². The van der Waals surface area contributed by atoms with Crippen LogP contribution < -0.4 is 20.6 Å². The molecule has 1 fully saturated rings. The van der Waals surface area contributed by atoms with Gasteiger partial charge in [0, 0.05) is 0 Å². The van der Waals surface area contributed by atoms with Crippen LogP contribution in [0.3, 0.4) is 0 Å². The Morgan fingerprint density at radius 2 is 2.14 bits per heavy atom. The lowest BCUT2D eigenvalue weighted by Crippen LogP contribution is -2.34. The largest absolute Gasteiger partial charge is 0.790 e. The van der Waals surface area contributed by atoms with Gasteiger partial charge in [-0.1, -0.05) is 0 Å². The zero-order valence-electron chi connectivity index (χ0n) is 10.8. The number of carbonyl (C=O) groups excluding carboxylic acids is 1. The summed E-state index contributed by atoms with van der Waals surface area (Å²) in [5, 5.41) is 30.3. The lowest BCUT2D eigenvalue weighted by molar-refractivity contribution is -0.343. The van der Waals surface area contributed by atoms with Gasteiger partial charge in [0.15, 0.2) is 6.23 Å². The molecule has 0 amide bonds. The van der Waals surface area contributed by atoms with Crippen molar-refractivity contribution in [3.63, 3.8) is 0 Å². The normalized spacial score (nSPS) is 28.9. The third-order valence-corrected chi connectivity index (χ3v) is 3.50. The maximum absolute atomic E-state index is 10.7. The monoisotopic (exact) mass is 336 g/mol. The number of rotatable bonds is 5. The second-order valence-electron chi connectivity index (χ2n) is 4.46. The molecule has 4 atom stereocenters. The number of hydrogen-bond donors (Lipinski definition) is 3. The Kier molecular flexibility index (Phi) is 4.54. The highest BCUT2D eigenvalue weighted by molar-refractivity contribution is 7.43.